The zero-order chi connectivity index (χ0) is 14.2. The van der Waals surface area contributed by atoms with Crippen LogP contribution in [-0.4, -0.2) is 41.5 Å². The van der Waals surface area contributed by atoms with Gasteiger partial charge in [-0.3, -0.25) is 4.79 Å². The minimum absolute atomic E-state index is 0.0129. The van der Waals surface area contributed by atoms with Crippen LogP contribution < -0.4 is 4.90 Å². The number of rotatable bonds is 1. The van der Waals surface area contributed by atoms with E-state index < -0.39 is 5.54 Å². The summed E-state index contributed by atoms with van der Waals surface area (Å²) in [6, 6.07) is 3.59. The highest BCUT2D eigenvalue weighted by Gasteiger charge is 2.42. The molecule has 0 aliphatic carbocycles. The third kappa shape index (κ3) is 2.13. The molecule has 1 saturated heterocycles. The quantitative estimate of drug-likeness (QED) is 0.784. The first-order valence-electron chi connectivity index (χ1n) is 5.97. The lowest BCUT2D eigenvalue weighted by Gasteiger charge is -2.45. The smallest absolute Gasteiger partial charge is 0.247 e. The van der Waals surface area contributed by atoms with Crippen molar-refractivity contribution in [2.24, 2.45) is 0 Å². The number of piperazine rings is 1. The number of hydrogen-bond donors (Lipinski definition) is 0. The summed E-state index contributed by atoms with van der Waals surface area (Å²) in [7, 11) is 1.78. The van der Waals surface area contributed by atoms with Gasteiger partial charge in [0.25, 0.3) is 0 Å². The zero-order valence-corrected chi connectivity index (χ0v) is 11.9. The summed E-state index contributed by atoms with van der Waals surface area (Å²) in [5.41, 5.74) is -0.355. The number of amides is 1. The monoisotopic (exact) mass is 278 g/mol. The second-order valence-corrected chi connectivity index (χ2v) is 5.42. The zero-order valence-electron chi connectivity index (χ0n) is 11.1. The molecule has 100 valence electrons. The standard InChI is InChI=1S/C13H15ClN4O/c1-13(2)12(19)17(3)6-7-18(13)11-10(14)9(8-15)4-5-16-11/h4-5H,6-7H2,1-3H3. The molecule has 2 heterocycles. The lowest BCUT2D eigenvalue weighted by Crippen LogP contribution is -2.62. The molecule has 0 bridgehead atoms. The summed E-state index contributed by atoms with van der Waals surface area (Å²) >= 11 is 6.20. The third-order valence-corrected chi connectivity index (χ3v) is 3.82. The molecule has 0 spiro atoms. The maximum atomic E-state index is 12.2. The fourth-order valence-electron chi connectivity index (χ4n) is 2.29. The number of likely N-dealkylation sites (N-methyl/N-ethyl adjacent to an activating group) is 1. The normalized spacial score (nSPS) is 18.4. The van der Waals surface area contributed by atoms with Gasteiger partial charge in [-0.15, -0.1) is 0 Å². The van der Waals surface area contributed by atoms with Gasteiger partial charge in [0.1, 0.15) is 22.4 Å². The predicted octanol–water partition coefficient (Wildman–Crippen LogP) is 1.66. The van der Waals surface area contributed by atoms with Crippen LogP contribution in [0.1, 0.15) is 19.4 Å². The van der Waals surface area contributed by atoms with Gasteiger partial charge in [0, 0.05) is 26.3 Å². The predicted molar refractivity (Wildman–Crippen MR) is 73.0 cm³/mol. The van der Waals surface area contributed by atoms with E-state index in [2.05, 4.69) is 4.98 Å². The molecule has 1 aromatic heterocycles. The minimum Gasteiger partial charge on any atom is -0.342 e. The number of nitrogens with zero attached hydrogens (tertiary/aromatic N) is 4. The molecule has 1 aliphatic heterocycles. The topological polar surface area (TPSA) is 60.2 Å². The Bertz CT molecular complexity index is 564. The van der Waals surface area contributed by atoms with E-state index in [0.29, 0.717) is 29.5 Å². The van der Waals surface area contributed by atoms with E-state index in [9.17, 15) is 4.79 Å². The molecule has 19 heavy (non-hydrogen) atoms. The van der Waals surface area contributed by atoms with Crippen molar-refractivity contribution < 1.29 is 4.79 Å². The van der Waals surface area contributed by atoms with Crippen LogP contribution in [0.2, 0.25) is 5.02 Å². The van der Waals surface area contributed by atoms with Gasteiger partial charge in [-0.1, -0.05) is 11.6 Å². The van der Waals surface area contributed by atoms with Crippen molar-refractivity contribution in [3.05, 3.63) is 22.8 Å². The van der Waals surface area contributed by atoms with E-state index in [1.54, 1.807) is 24.2 Å². The van der Waals surface area contributed by atoms with Crippen LogP contribution in [0.5, 0.6) is 0 Å². The molecule has 1 fully saturated rings. The van der Waals surface area contributed by atoms with Gasteiger partial charge < -0.3 is 9.80 Å². The summed E-state index contributed by atoms with van der Waals surface area (Å²) in [5.74, 6) is 0.506. The highest BCUT2D eigenvalue weighted by atomic mass is 35.5. The van der Waals surface area contributed by atoms with Crippen LogP contribution in [0.15, 0.2) is 12.3 Å². The molecule has 0 aromatic carbocycles. The van der Waals surface area contributed by atoms with E-state index in [0.717, 1.165) is 0 Å². The van der Waals surface area contributed by atoms with Gasteiger partial charge in [0.05, 0.1) is 5.56 Å². The average Bonchev–Trinajstić information content (AvgIpc) is 2.37. The highest BCUT2D eigenvalue weighted by molar-refractivity contribution is 6.34. The first kappa shape index (κ1) is 13.6. The average molecular weight is 279 g/mol. The molecule has 2 rings (SSSR count). The molecule has 1 aliphatic rings. The van der Waals surface area contributed by atoms with Gasteiger partial charge in [-0.25, -0.2) is 4.98 Å². The Kier molecular flexibility index (Phi) is 3.38. The first-order chi connectivity index (χ1) is 8.89. The van der Waals surface area contributed by atoms with E-state index in [4.69, 9.17) is 16.9 Å². The molecular formula is C13H15ClN4O. The van der Waals surface area contributed by atoms with Gasteiger partial charge in [-0.05, 0) is 19.9 Å². The van der Waals surface area contributed by atoms with Crippen LogP contribution >= 0.6 is 11.6 Å². The van der Waals surface area contributed by atoms with E-state index in [-0.39, 0.29) is 5.91 Å². The molecule has 1 amide bonds. The number of carbonyl (C=O) groups excluding carboxylic acids is 1. The summed E-state index contributed by atoms with van der Waals surface area (Å²) in [6.07, 6.45) is 1.54. The van der Waals surface area contributed by atoms with Gasteiger partial charge in [0.2, 0.25) is 5.91 Å². The Hall–Kier alpha value is -1.80. The van der Waals surface area contributed by atoms with Gasteiger partial charge >= 0.3 is 0 Å². The molecule has 0 atom stereocenters. The van der Waals surface area contributed by atoms with E-state index in [1.807, 2.05) is 24.8 Å². The van der Waals surface area contributed by atoms with Crippen molar-refractivity contribution in [3.8, 4) is 6.07 Å². The van der Waals surface area contributed by atoms with Gasteiger partial charge in [-0.2, -0.15) is 5.26 Å². The number of aromatic nitrogens is 1. The molecule has 0 N–H and O–H groups in total. The lowest BCUT2D eigenvalue weighted by molar-refractivity contribution is -0.136. The van der Waals surface area contributed by atoms with Crippen LogP contribution in [0.4, 0.5) is 5.82 Å². The van der Waals surface area contributed by atoms with Crippen LogP contribution in [-0.2, 0) is 4.79 Å². The number of halogens is 1. The second-order valence-electron chi connectivity index (χ2n) is 5.05. The Balaban J connectivity index is 2.48. The van der Waals surface area contributed by atoms with Crippen LogP contribution in [0.3, 0.4) is 0 Å². The summed E-state index contributed by atoms with van der Waals surface area (Å²) in [4.78, 5) is 20.0. The van der Waals surface area contributed by atoms with Crippen molar-refractivity contribution in [1.82, 2.24) is 9.88 Å². The second kappa shape index (κ2) is 4.71. The third-order valence-electron chi connectivity index (χ3n) is 3.45. The number of carbonyl (C=O) groups is 1. The molecular weight excluding hydrogens is 264 g/mol. The Morgan fingerprint density at radius 2 is 2.16 bits per heavy atom. The lowest BCUT2D eigenvalue weighted by atomic mass is 9.97. The summed E-state index contributed by atoms with van der Waals surface area (Å²) in [6.45, 7) is 4.91. The maximum absolute atomic E-state index is 12.2. The van der Waals surface area contributed by atoms with E-state index in [1.165, 1.54) is 0 Å². The molecule has 1 aromatic rings. The maximum Gasteiger partial charge on any atom is 0.247 e. The van der Waals surface area contributed by atoms with Crippen molar-refractivity contribution in [2.75, 3.05) is 25.0 Å². The number of nitriles is 1. The number of pyridine rings is 1. The summed E-state index contributed by atoms with van der Waals surface area (Å²) in [5, 5.41) is 9.31. The Labute approximate surface area is 117 Å². The fourth-order valence-corrected chi connectivity index (χ4v) is 2.55. The van der Waals surface area contributed by atoms with Gasteiger partial charge in [0.15, 0.2) is 0 Å². The molecule has 0 unspecified atom stereocenters. The van der Waals surface area contributed by atoms with Crippen molar-refractivity contribution >= 4 is 23.3 Å². The van der Waals surface area contributed by atoms with Crippen LogP contribution in [0.25, 0.3) is 0 Å². The van der Waals surface area contributed by atoms with Crippen molar-refractivity contribution in [1.29, 1.82) is 5.26 Å². The highest BCUT2D eigenvalue weighted by Crippen LogP contribution is 2.33. The van der Waals surface area contributed by atoms with Crippen LogP contribution in [0, 0.1) is 11.3 Å². The molecule has 0 saturated carbocycles. The largest absolute Gasteiger partial charge is 0.342 e. The number of hydrogen-bond acceptors (Lipinski definition) is 4. The minimum atomic E-state index is -0.724. The Morgan fingerprint density at radius 3 is 2.79 bits per heavy atom. The first-order valence-corrected chi connectivity index (χ1v) is 6.35. The van der Waals surface area contributed by atoms with Crippen molar-refractivity contribution in [3.63, 3.8) is 0 Å². The molecule has 6 heteroatoms. The Morgan fingerprint density at radius 1 is 1.47 bits per heavy atom. The van der Waals surface area contributed by atoms with Crippen molar-refractivity contribution in [2.45, 2.75) is 19.4 Å². The molecule has 5 nitrogen and oxygen atoms in total. The fraction of sp³-hybridized carbons (Fsp3) is 0.462. The summed E-state index contributed by atoms with van der Waals surface area (Å²) < 4.78 is 0. The molecule has 0 radical (unpaired) electrons. The van der Waals surface area contributed by atoms with E-state index >= 15 is 0 Å². The SMILES string of the molecule is CN1CCN(c2nccc(C#N)c2Cl)C(C)(C)C1=O. The number of anilines is 1.